The number of rotatable bonds is 7. The second kappa shape index (κ2) is 7.77. The minimum absolute atomic E-state index is 0.0222. The molecule has 12 heavy (non-hydrogen) atoms. The van der Waals surface area contributed by atoms with E-state index in [2.05, 4.69) is 6.92 Å². The summed E-state index contributed by atoms with van der Waals surface area (Å²) in [5.41, 5.74) is 0. The van der Waals surface area contributed by atoms with Gasteiger partial charge in [0, 0.05) is 29.4 Å². The predicted molar refractivity (Wildman–Crippen MR) is 55.6 cm³/mol. The molecule has 0 aliphatic carbocycles. The van der Waals surface area contributed by atoms with Gasteiger partial charge in [-0.3, -0.25) is 0 Å². The van der Waals surface area contributed by atoms with E-state index in [4.69, 9.17) is 9.47 Å². The van der Waals surface area contributed by atoms with Crippen LogP contribution in [0.2, 0.25) is 6.04 Å². The topological polar surface area (TPSA) is 18.5 Å². The summed E-state index contributed by atoms with van der Waals surface area (Å²) in [6, 6.07) is 1.33. The molecule has 0 spiro atoms. The van der Waals surface area contributed by atoms with Crippen molar-refractivity contribution in [3.8, 4) is 0 Å². The second-order valence-corrected chi connectivity index (χ2v) is 4.05. The first-order chi connectivity index (χ1) is 5.76. The maximum atomic E-state index is 5.49. The molecular formula is C9H22O2Si. The molecule has 0 aromatic heterocycles. The van der Waals surface area contributed by atoms with Gasteiger partial charge in [-0.15, -0.1) is 0 Å². The fourth-order valence-electron chi connectivity index (χ4n) is 1.30. The Hall–Kier alpha value is 0.137. The van der Waals surface area contributed by atoms with Crippen LogP contribution in [0.1, 0.15) is 27.2 Å². The zero-order chi connectivity index (χ0) is 9.40. The molecule has 0 bridgehead atoms. The van der Waals surface area contributed by atoms with Gasteiger partial charge in [-0.1, -0.05) is 13.0 Å². The molecule has 74 valence electrons. The van der Waals surface area contributed by atoms with Crippen LogP contribution in [0.4, 0.5) is 0 Å². The fourth-order valence-corrected chi connectivity index (χ4v) is 2.21. The van der Waals surface area contributed by atoms with Crippen molar-refractivity contribution < 1.29 is 9.47 Å². The van der Waals surface area contributed by atoms with Gasteiger partial charge in [-0.05, 0) is 20.3 Å². The lowest BCUT2D eigenvalue weighted by Gasteiger charge is -2.23. The predicted octanol–water partition coefficient (Wildman–Crippen LogP) is 1.20. The van der Waals surface area contributed by atoms with Crippen molar-refractivity contribution in [2.45, 2.75) is 39.5 Å². The molecule has 1 atom stereocenters. The minimum atomic E-state index is 0.0222. The van der Waals surface area contributed by atoms with Crippen LogP contribution < -0.4 is 0 Å². The first-order valence-corrected chi connectivity index (χ1v) is 6.40. The normalized spacial score (nSPS) is 14.0. The van der Waals surface area contributed by atoms with Crippen molar-refractivity contribution in [2.24, 2.45) is 5.92 Å². The molecule has 0 heterocycles. The molecule has 0 saturated carbocycles. The van der Waals surface area contributed by atoms with Gasteiger partial charge in [-0.25, -0.2) is 0 Å². The number of hydrogen-bond donors (Lipinski definition) is 0. The van der Waals surface area contributed by atoms with Crippen LogP contribution in [0.5, 0.6) is 0 Å². The molecule has 0 aromatic rings. The Labute approximate surface area is 79.1 Å². The quantitative estimate of drug-likeness (QED) is 0.443. The third-order valence-corrected chi connectivity index (χ3v) is 2.45. The summed E-state index contributed by atoms with van der Waals surface area (Å²) >= 11 is 0. The molecule has 0 aliphatic rings. The van der Waals surface area contributed by atoms with Gasteiger partial charge in [0.2, 0.25) is 0 Å². The van der Waals surface area contributed by atoms with Crippen LogP contribution in [-0.4, -0.2) is 29.7 Å². The molecule has 3 heteroatoms. The van der Waals surface area contributed by atoms with Crippen molar-refractivity contribution in [1.29, 1.82) is 0 Å². The van der Waals surface area contributed by atoms with Crippen LogP contribution in [0.25, 0.3) is 0 Å². The molecule has 0 N–H and O–H groups in total. The lowest BCUT2D eigenvalue weighted by atomic mass is 10.1. The van der Waals surface area contributed by atoms with Crippen LogP contribution >= 0.6 is 0 Å². The lowest BCUT2D eigenvalue weighted by Crippen LogP contribution is -2.25. The average Bonchev–Trinajstić information content (AvgIpc) is 2.04. The summed E-state index contributed by atoms with van der Waals surface area (Å²) < 4.78 is 11.0. The Bertz CT molecular complexity index is 92.5. The van der Waals surface area contributed by atoms with Gasteiger partial charge in [0.15, 0.2) is 6.29 Å². The third-order valence-electron chi connectivity index (χ3n) is 1.87. The summed E-state index contributed by atoms with van der Waals surface area (Å²) in [5.74, 6) is 0.544. The zero-order valence-electron chi connectivity index (χ0n) is 8.80. The minimum Gasteiger partial charge on any atom is -0.353 e. The molecule has 0 radical (unpaired) electrons. The van der Waals surface area contributed by atoms with Gasteiger partial charge in [0.25, 0.3) is 0 Å². The highest BCUT2D eigenvalue weighted by Gasteiger charge is 2.15. The van der Waals surface area contributed by atoms with E-state index in [1.165, 1.54) is 22.7 Å². The van der Waals surface area contributed by atoms with E-state index < -0.39 is 0 Å². The van der Waals surface area contributed by atoms with Gasteiger partial charge >= 0.3 is 0 Å². The average molecular weight is 190 g/mol. The molecule has 1 unspecified atom stereocenters. The Morgan fingerprint density at radius 3 is 2.00 bits per heavy atom. The van der Waals surface area contributed by atoms with E-state index in [0.717, 1.165) is 13.2 Å². The van der Waals surface area contributed by atoms with Crippen LogP contribution in [-0.2, 0) is 9.47 Å². The van der Waals surface area contributed by atoms with Crippen LogP contribution in [0.15, 0.2) is 0 Å². The summed E-state index contributed by atoms with van der Waals surface area (Å²) in [5, 5.41) is 0. The van der Waals surface area contributed by atoms with Crippen LogP contribution in [0.3, 0.4) is 0 Å². The van der Waals surface area contributed by atoms with Gasteiger partial charge in [0.1, 0.15) is 0 Å². The smallest absolute Gasteiger partial charge is 0.160 e. The van der Waals surface area contributed by atoms with Crippen molar-refractivity contribution in [3.05, 3.63) is 0 Å². The fraction of sp³-hybridized carbons (Fsp3) is 1.00. The van der Waals surface area contributed by atoms with E-state index >= 15 is 0 Å². The van der Waals surface area contributed by atoms with Crippen molar-refractivity contribution in [3.63, 3.8) is 0 Å². The second-order valence-electron chi connectivity index (χ2n) is 3.05. The summed E-state index contributed by atoms with van der Waals surface area (Å²) in [6.45, 7) is 7.72. The number of hydrogen-bond acceptors (Lipinski definition) is 2. The summed E-state index contributed by atoms with van der Waals surface area (Å²) in [4.78, 5) is 0. The van der Waals surface area contributed by atoms with Gasteiger partial charge in [-0.2, -0.15) is 0 Å². The van der Waals surface area contributed by atoms with Gasteiger partial charge in [0.05, 0.1) is 0 Å². The first kappa shape index (κ1) is 12.1. The molecule has 0 fully saturated rings. The summed E-state index contributed by atoms with van der Waals surface area (Å²) in [6.07, 6.45) is 1.26. The molecule has 0 aliphatic heterocycles. The van der Waals surface area contributed by atoms with E-state index in [0.29, 0.717) is 5.92 Å². The van der Waals surface area contributed by atoms with Crippen molar-refractivity contribution in [1.82, 2.24) is 0 Å². The van der Waals surface area contributed by atoms with E-state index in [-0.39, 0.29) is 6.29 Å². The number of ether oxygens (including phenoxy) is 2. The SMILES string of the molecule is CCOC(OCC)C(C)CC[SiH3]. The third kappa shape index (κ3) is 4.90. The highest BCUT2D eigenvalue weighted by molar-refractivity contribution is 6.08. The standard InChI is InChI=1S/C9H22O2Si/c1-4-10-9(11-5-2)8(3)6-7-12/h8-9H,4-7H2,1-3,12H3. The molecular weight excluding hydrogens is 168 g/mol. The Balaban J connectivity index is 3.72. The Kier molecular flexibility index (Phi) is 7.86. The lowest BCUT2D eigenvalue weighted by molar-refractivity contribution is -0.163. The zero-order valence-corrected chi connectivity index (χ0v) is 10.8. The van der Waals surface area contributed by atoms with E-state index in [9.17, 15) is 0 Å². The van der Waals surface area contributed by atoms with Gasteiger partial charge < -0.3 is 9.47 Å². The Morgan fingerprint density at radius 2 is 1.67 bits per heavy atom. The maximum Gasteiger partial charge on any atom is 0.160 e. The largest absolute Gasteiger partial charge is 0.353 e. The Morgan fingerprint density at radius 1 is 1.17 bits per heavy atom. The van der Waals surface area contributed by atoms with E-state index in [1.807, 2.05) is 13.8 Å². The summed E-state index contributed by atoms with van der Waals surface area (Å²) in [7, 11) is 1.28. The maximum absolute atomic E-state index is 5.49. The van der Waals surface area contributed by atoms with Crippen LogP contribution in [0, 0.1) is 5.92 Å². The van der Waals surface area contributed by atoms with Crippen molar-refractivity contribution in [2.75, 3.05) is 13.2 Å². The molecule has 0 rings (SSSR count). The molecule has 0 amide bonds. The van der Waals surface area contributed by atoms with E-state index in [1.54, 1.807) is 0 Å². The molecule has 0 aromatic carbocycles. The van der Waals surface area contributed by atoms with Crippen molar-refractivity contribution >= 4 is 10.2 Å². The highest BCUT2D eigenvalue weighted by Crippen LogP contribution is 2.14. The molecule has 0 saturated heterocycles. The first-order valence-electron chi connectivity index (χ1n) is 4.99. The molecule has 2 nitrogen and oxygen atoms in total. The highest BCUT2D eigenvalue weighted by atomic mass is 28.1. The monoisotopic (exact) mass is 190 g/mol.